The van der Waals surface area contributed by atoms with Crippen LogP contribution in [0.4, 0.5) is 0 Å². The number of carbonyl (C=O) groups excluding carboxylic acids is 1. The highest BCUT2D eigenvalue weighted by Gasteiger charge is 2.21. The second-order valence-electron chi connectivity index (χ2n) is 2.61. The molecule has 5 nitrogen and oxygen atoms in total. The SMILES string of the molecule is CCOC(CC(O)C(=O)OC)OCC. The molecule has 1 N–H and O–H groups in total. The number of esters is 1. The van der Waals surface area contributed by atoms with Gasteiger partial charge in [0.2, 0.25) is 0 Å². The van der Waals surface area contributed by atoms with E-state index in [9.17, 15) is 9.90 Å². The van der Waals surface area contributed by atoms with Crippen molar-refractivity contribution in [3.8, 4) is 0 Å². The van der Waals surface area contributed by atoms with Crippen LogP contribution < -0.4 is 0 Å². The third kappa shape index (κ3) is 5.16. The van der Waals surface area contributed by atoms with Crippen molar-refractivity contribution in [2.75, 3.05) is 20.3 Å². The lowest BCUT2D eigenvalue weighted by Crippen LogP contribution is -2.30. The summed E-state index contributed by atoms with van der Waals surface area (Å²) in [5.41, 5.74) is 0. The van der Waals surface area contributed by atoms with Crippen LogP contribution in [0.15, 0.2) is 0 Å². The van der Waals surface area contributed by atoms with E-state index in [-0.39, 0.29) is 6.42 Å². The van der Waals surface area contributed by atoms with Crippen molar-refractivity contribution >= 4 is 5.97 Å². The van der Waals surface area contributed by atoms with Crippen LogP contribution in [-0.2, 0) is 19.0 Å². The normalized spacial score (nSPS) is 12.9. The molecule has 0 aromatic carbocycles. The molecule has 0 bridgehead atoms. The van der Waals surface area contributed by atoms with Crippen LogP contribution in [0.1, 0.15) is 20.3 Å². The highest BCUT2D eigenvalue weighted by atomic mass is 16.7. The summed E-state index contributed by atoms with van der Waals surface area (Å²) in [7, 11) is 1.22. The Morgan fingerprint density at radius 1 is 1.29 bits per heavy atom. The van der Waals surface area contributed by atoms with Crippen LogP contribution in [0.5, 0.6) is 0 Å². The lowest BCUT2D eigenvalue weighted by molar-refractivity contribution is -0.171. The van der Waals surface area contributed by atoms with Crippen LogP contribution in [0.2, 0.25) is 0 Å². The molecule has 84 valence electrons. The molecule has 0 saturated heterocycles. The standard InChI is InChI=1S/C9H18O5/c1-4-13-8(14-5-2)6-7(10)9(11)12-3/h7-8,10H,4-6H2,1-3H3. The molecule has 0 amide bonds. The molecule has 0 heterocycles. The van der Waals surface area contributed by atoms with E-state index >= 15 is 0 Å². The van der Waals surface area contributed by atoms with E-state index in [0.29, 0.717) is 13.2 Å². The molecule has 0 saturated carbocycles. The first-order valence-corrected chi connectivity index (χ1v) is 4.64. The van der Waals surface area contributed by atoms with E-state index in [0.717, 1.165) is 0 Å². The third-order valence-electron chi connectivity index (χ3n) is 1.59. The zero-order valence-corrected chi connectivity index (χ0v) is 8.86. The monoisotopic (exact) mass is 206 g/mol. The van der Waals surface area contributed by atoms with Gasteiger partial charge in [0, 0.05) is 19.6 Å². The van der Waals surface area contributed by atoms with Gasteiger partial charge in [-0.25, -0.2) is 4.79 Å². The van der Waals surface area contributed by atoms with Crippen molar-refractivity contribution in [1.29, 1.82) is 0 Å². The Balaban J connectivity index is 3.94. The quantitative estimate of drug-likeness (QED) is 0.479. The van der Waals surface area contributed by atoms with E-state index < -0.39 is 18.4 Å². The van der Waals surface area contributed by atoms with E-state index in [1.165, 1.54) is 7.11 Å². The number of hydrogen-bond donors (Lipinski definition) is 1. The minimum absolute atomic E-state index is 0.0916. The summed E-state index contributed by atoms with van der Waals surface area (Å²) in [6.45, 7) is 4.57. The summed E-state index contributed by atoms with van der Waals surface area (Å²) in [5, 5.41) is 9.31. The molecule has 0 aromatic heterocycles. The number of methoxy groups -OCH3 is 1. The molecule has 0 radical (unpaired) electrons. The van der Waals surface area contributed by atoms with Gasteiger partial charge in [-0.1, -0.05) is 0 Å². The number of ether oxygens (including phenoxy) is 3. The van der Waals surface area contributed by atoms with Crippen molar-refractivity contribution in [3.05, 3.63) is 0 Å². The smallest absolute Gasteiger partial charge is 0.334 e. The predicted octanol–water partition coefficient (Wildman–Crippen LogP) is 0.309. The maximum atomic E-state index is 10.9. The van der Waals surface area contributed by atoms with Crippen molar-refractivity contribution in [3.63, 3.8) is 0 Å². The van der Waals surface area contributed by atoms with E-state index in [2.05, 4.69) is 4.74 Å². The van der Waals surface area contributed by atoms with Crippen molar-refractivity contribution in [2.24, 2.45) is 0 Å². The molecule has 0 aliphatic carbocycles. The molecule has 0 spiro atoms. The number of carbonyl (C=O) groups is 1. The number of aliphatic hydroxyl groups is 1. The van der Waals surface area contributed by atoms with Crippen LogP contribution >= 0.6 is 0 Å². The molecule has 0 fully saturated rings. The van der Waals surface area contributed by atoms with Gasteiger partial charge in [-0.2, -0.15) is 0 Å². The first kappa shape index (κ1) is 13.4. The Hall–Kier alpha value is -0.650. The minimum atomic E-state index is -1.19. The Bertz CT molecular complexity index is 153. The zero-order chi connectivity index (χ0) is 11.0. The van der Waals surface area contributed by atoms with Crippen molar-refractivity contribution < 1.29 is 24.1 Å². The fraction of sp³-hybridized carbons (Fsp3) is 0.889. The van der Waals surface area contributed by atoms with Crippen molar-refractivity contribution in [1.82, 2.24) is 0 Å². The fourth-order valence-electron chi connectivity index (χ4n) is 0.971. The molecular weight excluding hydrogens is 188 g/mol. The van der Waals surface area contributed by atoms with Gasteiger partial charge < -0.3 is 19.3 Å². The molecule has 0 rings (SSSR count). The predicted molar refractivity (Wildman–Crippen MR) is 49.7 cm³/mol. The molecule has 5 heteroatoms. The van der Waals surface area contributed by atoms with Gasteiger partial charge in [-0.15, -0.1) is 0 Å². The topological polar surface area (TPSA) is 65.0 Å². The summed E-state index contributed by atoms with van der Waals surface area (Å²) in [4.78, 5) is 10.9. The highest BCUT2D eigenvalue weighted by Crippen LogP contribution is 2.06. The molecule has 1 atom stereocenters. The van der Waals surface area contributed by atoms with Gasteiger partial charge in [0.15, 0.2) is 12.4 Å². The largest absolute Gasteiger partial charge is 0.467 e. The summed E-state index contributed by atoms with van der Waals surface area (Å²) < 4.78 is 14.7. The zero-order valence-electron chi connectivity index (χ0n) is 8.86. The molecule has 0 aromatic rings. The lowest BCUT2D eigenvalue weighted by Gasteiger charge is -2.18. The highest BCUT2D eigenvalue weighted by molar-refractivity contribution is 5.74. The number of rotatable bonds is 7. The Labute approximate surface area is 84.0 Å². The first-order chi connectivity index (χ1) is 6.65. The van der Waals surface area contributed by atoms with Crippen LogP contribution in [0, 0.1) is 0 Å². The molecular formula is C9H18O5. The fourth-order valence-corrected chi connectivity index (χ4v) is 0.971. The van der Waals surface area contributed by atoms with Crippen LogP contribution in [0.25, 0.3) is 0 Å². The minimum Gasteiger partial charge on any atom is -0.467 e. The summed E-state index contributed by atoms with van der Waals surface area (Å²) in [5.74, 6) is -0.672. The van der Waals surface area contributed by atoms with Crippen molar-refractivity contribution in [2.45, 2.75) is 32.7 Å². The van der Waals surface area contributed by atoms with Gasteiger partial charge in [0.1, 0.15) is 0 Å². The van der Waals surface area contributed by atoms with Gasteiger partial charge in [-0.05, 0) is 13.8 Å². The maximum absolute atomic E-state index is 10.9. The summed E-state index contributed by atoms with van der Waals surface area (Å²) >= 11 is 0. The van der Waals surface area contributed by atoms with Gasteiger partial charge >= 0.3 is 5.97 Å². The average Bonchev–Trinajstić information content (AvgIpc) is 2.17. The second kappa shape index (κ2) is 7.73. The van der Waals surface area contributed by atoms with Gasteiger partial charge in [-0.3, -0.25) is 0 Å². The van der Waals surface area contributed by atoms with E-state index in [1.807, 2.05) is 13.8 Å². The summed E-state index contributed by atoms with van der Waals surface area (Å²) in [6.07, 6.45) is -1.66. The molecule has 0 aliphatic rings. The van der Waals surface area contributed by atoms with Gasteiger partial charge in [0.05, 0.1) is 7.11 Å². The average molecular weight is 206 g/mol. The Kier molecular flexibility index (Phi) is 7.37. The maximum Gasteiger partial charge on any atom is 0.334 e. The number of aliphatic hydroxyl groups excluding tert-OH is 1. The van der Waals surface area contributed by atoms with Gasteiger partial charge in [0.25, 0.3) is 0 Å². The first-order valence-electron chi connectivity index (χ1n) is 4.64. The van der Waals surface area contributed by atoms with Crippen LogP contribution in [-0.4, -0.2) is 43.8 Å². The molecule has 1 unspecified atom stereocenters. The Morgan fingerprint density at radius 2 is 1.79 bits per heavy atom. The van der Waals surface area contributed by atoms with Crippen LogP contribution in [0.3, 0.4) is 0 Å². The van der Waals surface area contributed by atoms with E-state index in [4.69, 9.17) is 9.47 Å². The lowest BCUT2D eigenvalue weighted by atomic mass is 10.2. The molecule has 0 aliphatic heterocycles. The Morgan fingerprint density at radius 3 is 2.14 bits per heavy atom. The third-order valence-corrected chi connectivity index (χ3v) is 1.59. The summed E-state index contributed by atoms with van der Waals surface area (Å²) in [6, 6.07) is 0. The second-order valence-corrected chi connectivity index (χ2v) is 2.61. The number of hydrogen-bond acceptors (Lipinski definition) is 5. The molecule has 14 heavy (non-hydrogen) atoms. The van der Waals surface area contributed by atoms with E-state index in [1.54, 1.807) is 0 Å².